The van der Waals surface area contributed by atoms with Gasteiger partial charge in [0.1, 0.15) is 17.3 Å². The Morgan fingerprint density at radius 3 is 2.45 bits per heavy atom. The number of aromatic nitrogens is 2. The number of rotatable bonds is 3. The molecule has 112 valence electrons. The minimum Gasteiger partial charge on any atom is -0.485 e. The van der Waals surface area contributed by atoms with E-state index in [0.717, 1.165) is 5.56 Å². The van der Waals surface area contributed by atoms with Gasteiger partial charge < -0.3 is 4.74 Å². The first kappa shape index (κ1) is 14.9. The second kappa shape index (κ2) is 6.02. The Labute approximate surface area is 134 Å². The first-order valence-corrected chi connectivity index (χ1v) is 6.99. The van der Waals surface area contributed by atoms with Gasteiger partial charge in [-0.25, -0.2) is 18.7 Å². The third-order valence-corrected chi connectivity index (χ3v) is 3.43. The molecule has 1 heterocycles. The summed E-state index contributed by atoms with van der Waals surface area (Å²) < 4.78 is 33.4. The van der Waals surface area contributed by atoms with E-state index in [0.29, 0.717) is 6.07 Å². The summed E-state index contributed by atoms with van der Waals surface area (Å²) in [5, 5.41) is -0.437. The van der Waals surface area contributed by atoms with Gasteiger partial charge in [0.2, 0.25) is 5.28 Å². The lowest BCUT2D eigenvalue weighted by Crippen LogP contribution is -2.01. The molecule has 0 N–H and O–H groups in total. The molecule has 0 amide bonds. The molecule has 0 atom stereocenters. The number of ether oxygens (including phenoxy) is 1. The van der Waals surface area contributed by atoms with Gasteiger partial charge in [-0.2, -0.15) is 0 Å². The van der Waals surface area contributed by atoms with Gasteiger partial charge in [-0.05, 0) is 17.2 Å². The van der Waals surface area contributed by atoms with E-state index in [1.807, 2.05) is 30.3 Å². The van der Waals surface area contributed by atoms with E-state index >= 15 is 0 Å². The number of benzene rings is 2. The predicted octanol–water partition coefficient (Wildman–Crippen LogP) is 4.79. The van der Waals surface area contributed by atoms with E-state index in [-0.39, 0.29) is 33.7 Å². The molecule has 3 nitrogen and oxygen atoms in total. The third kappa shape index (κ3) is 2.82. The normalized spacial score (nSPS) is 10.9. The minimum atomic E-state index is -0.884. The van der Waals surface area contributed by atoms with Crippen LogP contribution in [-0.4, -0.2) is 9.97 Å². The molecule has 22 heavy (non-hydrogen) atoms. The Morgan fingerprint density at radius 1 is 1.00 bits per heavy atom. The molecule has 0 fully saturated rings. The molecule has 0 radical (unpaired) electrons. The van der Waals surface area contributed by atoms with Crippen LogP contribution in [0.15, 0.2) is 36.4 Å². The van der Waals surface area contributed by atoms with Gasteiger partial charge in [0, 0.05) is 6.07 Å². The summed E-state index contributed by atoms with van der Waals surface area (Å²) in [6.45, 7) is 0.0947. The fourth-order valence-electron chi connectivity index (χ4n) is 2.02. The highest BCUT2D eigenvalue weighted by Gasteiger charge is 2.19. The molecule has 0 saturated carbocycles. The maximum absolute atomic E-state index is 14.1. The molecule has 3 rings (SSSR count). The van der Waals surface area contributed by atoms with Crippen LogP contribution in [0.25, 0.3) is 10.9 Å². The number of hydrogen-bond acceptors (Lipinski definition) is 3. The zero-order valence-corrected chi connectivity index (χ0v) is 12.5. The van der Waals surface area contributed by atoms with Crippen molar-refractivity contribution in [1.82, 2.24) is 9.97 Å². The number of halogens is 4. The van der Waals surface area contributed by atoms with Crippen LogP contribution >= 0.6 is 23.2 Å². The molecule has 0 aliphatic heterocycles. The van der Waals surface area contributed by atoms with Crippen molar-refractivity contribution in [1.29, 1.82) is 0 Å². The Balaban J connectivity index is 2.09. The van der Waals surface area contributed by atoms with Crippen LogP contribution in [0.2, 0.25) is 10.4 Å². The summed E-state index contributed by atoms with van der Waals surface area (Å²) in [6.07, 6.45) is 0. The van der Waals surface area contributed by atoms with Crippen molar-refractivity contribution in [3.05, 3.63) is 64.0 Å². The van der Waals surface area contributed by atoms with Crippen LogP contribution in [0.4, 0.5) is 8.78 Å². The van der Waals surface area contributed by atoms with Crippen molar-refractivity contribution in [2.75, 3.05) is 0 Å². The molecule has 7 heteroatoms. The maximum atomic E-state index is 14.1. The van der Waals surface area contributed by atoms with Crippen molar-refractivity contribution < 1.29 is 13.5 Å². The summed E-state index contributed by atoms with van der Waals surface area (Å²) >= 11 is 11.6. The van der Waals surface area contributed by atoms with Gasteiger partial charge in [-0.15, -0.1) is 0 Å². The quantitative estimate of drug-likeness (QED) is 0.507. The van der Waals surface area contributed by atoms with Crippen LogP contribution < -0.4 is 4.74 Å². The zero-order valence-electron chi connectivity index (χ0n) is 11.0. The second-order valence-electron chi connectivity index (χ2n) is 4.45. The first-order chi connectivity index (χ1) is 10.6. The SMILES string of the molecule is Fc1cc(F)c2nc(Cl)nc(Cl)c2c1OCc1ccccc1. The fraction of sp³-hybridized carbons (Fsp3) is 0.0667. The lowest BCUT2D eigenvalue weighted by atomic mass is 10.2. The first-order valence-electron chi connectivity index (χ1n) is 6.23. The van der Waals surface area contributed by atoms with Crippen molar-refractivity contribution in [2.45, 2.75) is 6.61 Å². The van der Waals surface area contributed by atoms with Crippen LogP contribution in [0, 0.1) is 11.6 Å². The molecule has 1 aromatic heterocycles. The average Bonchev–Trinajstić information content (AvgIpc) is 2.48. The summed E-state index contributed by atoms with van der Waals surface area (Å²) in [5.74, 6) is -1.97. The summed E-state index contributed by atoms with van der Waals surface area (Å²) in [4.78, 5) is 7.45. The summed E-state index contributed by atoms with van der Waals surface area (Å²) in [7, 11) is 0. The van der Waals surface area contributed by atoms with Crippen molar-refractivity contribution in [2.24, 2.45) is 0 Å². The van der Waals surface area contributed by atoms with Gasteiger partial charge in [-0.1, -0.05) is 41.9 Å². The molecule has 0 saturated heterocycles. The zero-order chi connectivity index (χ0) is 15.7. The molecule has 3 aromatic rings. The van der Waals surface area contributed by atoms with Crippen LogP contribution in [0.5, 0.6) is 5.75 Å². The predicted molar refractivity (Wildman–Crippen MR) is 80.2 cm³/mol. The van der Waals surface area contributed by atoms with E-state index in [2.05, 4.69) is 9.97 Å². The lowest BCUT2D eigenvalue weighted by Gasteiger charge is -2.11. The van der Waals surface area contributed by atoms with Crippen molar-refractivity contribution in [3.63, 3.8) is 0 Å². The molecular formula is C15H8Cl2F2N2O. The van der Waals surface area contributed by atoms with Gasteiger partial charge in [0.25, 0.3) is 0 Å². The fourth-order valence-corrected chi connectivity index (χ4v) is 2.48. The van der Waals surface area contributed by atoms with Crippen molar-refractivity contribution >= 4 is 34.1 Å². The highest BCUT2D eigenvalue weighted by Crippen LogP contribution is 2.35. The topological polar surface area (TPSA) is 35.0 Å². The monoisotopic (exact) mass is 340 g/mol. The van der Waals surface area contributed by atoms with Crippen molar-refractivity contribution in [3.8, 4) is 5.75 Å². The molecule has 0 aliphatic rings. The van der Waals surface area contributed by atoms with E-state index in [1.165, 1.54) is 0 Å². The smallest absolute Gasteiger partial charge is 0.224 e. The maximum Gasteiger partial charge on any atom is 0.224 e. The van der Waals surface area contributed by atoms with E-state index in [1.54, 1.807) is 0 Å². The van der Waals surface area contributed by atoms with E-state index in [9.17, 15) is 8.78 Å². The van der Waals surface area contributed by atoms with Crippen LogP contribution in [0.1, 0.15) is 5.56 Å². The Kier molecular flexibility index (Phi) is 4.09. The largest absolute Gasteiger partial charge is 0.485 e. The number of nitrogens with zero attached hydrogens (tertiary/aromatic N) is 2. The summed E-state index contributed by atoms with van der Waals surface area (Å²) in [5.41, 5.74) is 0.639. The number of hydrogen-bond donors (Lipinski definition) is 0. The lowest BCUT2D eigenvalue weighted by molar-refractivity contribution is 0.293. The van der Waals surface area contributed by atoms with Gasteiger partial charge >= 0.3 is 0 Å². The Hall–Kier alpha value is -1.98. The highest BCUT2D eigenvalue weighted by molar-refractivity contribution is 6.36. The highest BCUT2D eigenvalue weighted by atomic mass is 35.5. The average molecular weight is 341 g/mol. The summed E-state index contributed by atoms with van der Waals surface area (Å²) in [6, 6.07) is 9.82. The van der Waals surface area contributed by atoms with E-state index < -0.39 is 11.6 Å². The second-order valence-corrected chi connectivity index (χ2v) is 5.15. The van der Waals surface area contributed by atoms with Gasteiger partial charge in [0.05, 0.1) is 5.39 Å². The third-order valence-electron chi connectivity index (χ3n) is 2.99. The Morgan fingerprint density at radius 2 is 1.73 bits per heavy atom. The van der Waals surface area contributed by atoms with Gasteiger partial charge in [-0.3, -0.25) is 0 Å². The number of fused-ring (bicyclic) bond motifs is 1. The van der Waals surface area contributed by atoms with E-state index in [4.69, 9.17) is 27.9 Å². The van der Waals surface area contributed by atoms with Gasteiger partial charge in [0.15, 0.2) is 17.4 Å². The minimum absolute atomic E-state index is 0.0421. The molecular weight excluding hydrogens is 333 g/mol. The van der Waals surface area contributed by atoms with Crippen LogP contribution in [0.3, 0.4) is 0 Å². The molecule has 0 bridgehead atoms. The molecule has 0 unspecified atom stereocenters. The molecule has 0 aliphatic carbocycles. The Bertz CT molecular complexity index is 844. The van der Waals surface area contributed by atoms with Crippen LogP contribution in [-0.2, 0) is 6.61 Å². The standard InChI is InChI=1S/C15H8Cl2F2N2O/c16-14-11-12(20-15(17)21-14)9(18)6-10(19)13(11)22-7-8-4-2-1-3-5-8/h1-6H,7H2. The molecule has 0 spiro atoms. The molecule has 2 aromatic carbocycles.